The van der Waals surface area contributed by atoms with Gasteiger partial charge in [0.25, 0.3) is 5.56 Å². The third-order valence-electron chi connectivity index (χ3n) is 4.85. The van der Waals surface area contributed by atoms with Crippen molar-refractivity contribution in [1.82, 2.24) is 14.9 Å². The predicted octanol–water partition coefficient (Wildman–Crippen LogP) is 2.88. The molecule has 0 unspecified atom stereocenters. The maximum atomic E-state index is 12.8. The second-order valence-electron chi connectivity index (χ2n) is 6.94. The molecule has 0 saturated heterocycles. The summed E-state index contributed by atoms with van der Waals surface area (Å²) in [5.41, 5.74) is 1.93. The minimum atomic E-state index is -0.133. The Kier molecular flexibility index (Phi) is 7.68. The maximum absolute atomic E-state index is 12.8. The average molecular weight is 402 g/mol. The predicted molar refractivity (Wildman–Crippen MR) is 113 cm³/mol. The monoisotopic (exact) mass is 401 g/mol. The standard InChI is InChI=1S/C21H27N3O3S/c25-14-6-13-24-20(27)17-9-4-5-10-18(17)23-21(24)28-15-19(26)22-12-11-16-7-2-1-3-8-16/h4-5,7,9-10,25H,1-3,6,8,11-15H2,(H,22,26). The number of nitrogens with zero attached hydrogens (tertiary/aromatic N) is 2. The molecule has 0 bridgehead atoms. The van der Waals surface area contributed by atoms with Crippen LogP contribution in [-0.4, -0.2) is 39.5 Å². The highest BCUT2D eigenvalue weighted by molar-refractivity contribution is 7.99. The summed E-state index contributed by atoms with van der Waals surface area (Å²) in [6.07, 6.45) is 8.47. The largest absolute Gasteiger partial charge is 0.396 e. The Bertz CT molecular complexity index is 907. The summed E-state index contributed by atoms with van der Waals surface area (Å²) in [7, 11) is 0. The van der Waals surface area contributed by atoms with Crippen LogP contribution in [0.5, 0.6) is 0 Å². The second-order valence-corrected chi connectivity index (χ2v) is 7.88. The highest BCUT2D eigenvalue weighted by Gasteiger charge is 2.13. The molecule has 2 N–H and O–H groups in total. The summed E-state index contributed by atoms with van der Waals surface area (Å²) >= 11 is 1.26. The van der Waals surface area contributed by atoms with Crippen molar-refractivity contribution in [3.8, 4) is 0 Å². The molecule has 28 heavy (non-hydrogen) atoms. The van der Waals surface area contributed by atoms with E-state index in [4.69, 9.17) is 5.11 Å². The van der Waals surface area contributed by atoms with Gasteiger partial charge in [-0.25, -0.2) is 4.98 Å². The molecule has 7 heteroatoms. The SMILES string of the molecule is O=C(CSc1nc2ccccc2c(=O)n1CCCO)NCCC1=CCCCC1. The first-order valence-corrected chi connectivity index (χ1v) is 10.9. The van der Waals surface area contributed by atoms with Crippen molar-refractivity contribution in [2.45, 2.75) is 50.2 Å². The number of amides is 1. The molecule has 0 aliphatic heterocycles. The molecule has 1 amide bonds. The van der Waals surface area contributed by atoms with Crippen molar-refractivity contribution >= 4 is 28.6 Å². The van der Waals surface area contributed by atoms with E-state index in [-0.39, 0.29) is 23.8 Å². The highest BCUT2D eigenvalue weighted by atomic mass is 32.2. The van der Waals surface area contributed by atoms with Crippen LogP contribution in [0, 0.1) is 0 Å². The molecule has 6 nitrogen and oxygen atoms in total. The van der Waals surface area contributed by atoms with Gasteiger partial charge in [-0.3, -0.25) is 14.2 Å². The lowest BCUT2D eigenvalue weighted by atomic mass is 9.97. The van der Waals surface area contributed by atoms with E-state index in [1.807, 2.05) is 12.1 Å². The number of aliphatic hydroxyl groups excluding tert-OH is 1. The fourth-order valence-electron chi connectivity index (χ4n) is 3.36. The molecule has 0 atom stereocenters. The van der Waals surface area contributed by atoms with Crippen LogP contribution in [0.15, 0.2) is 45.9 Å². The van der Waals surface area contributed by atoms with E-state index in [0.29, 0.717) is 35.6 Å². The van der Waals surface area contributed by atoms with Crippen LogP contribution < -0.4 is 10.9 Å². The summed E-state index contributed by atoms with van der Waals surface area (Å²) in [4.78, 5) is 29.6. The summed E-state index contributed by atoms with van der Waals surface area (Å²) in [6, 6.07) is 7.20. The number of nitrogens with one attached hydrogen (secondary N) is 1. The van der Waals surface area contributed by atoms with E-state index < -0.39 is 0 Å². The van der Waals surface area contributed by atoms with Crippen LogP contribution in [0.25, 0.3) is 10.9 Å². The Morgan fingerprint density at radius 2 is 2.14 bits per heavy atom. The van der Waals surface area contributed by atoms with E-state index in [9.17, 15) is 9.59 Å². The Morgan fingerprint density at radius 1 is 1.29 bits per heavy atom. The number of para-hydroxylation sites is 1. The topological polar surface area (TPSA) is 84.2 Å². The number of carbonyl (C=O) groups is 1. The van der Waals surface area contributed by atoms with Crippen molar-refractivity contribution in [1.29, 1.82) is 0 Å². The van der Waals surface area contributed by atoms with Crippen LogP contribution in [0.3, 0.4) is 0 Å². The van der Waals surface area contributed by atoms with Gasteiger partial charge in [0.1, 0.15) is 0 Å². The Labute approximate surface area is 169 Å². The zero-order valence-corrected chi connectivity index (χ0v) is 16.8. The lowest BCUT2D eigenvalue weighted by Gasteiger charge is -2.14. The quantitative estimate of drug-likeness (QED) is 0.383. The molecule has 1 aromatic heterocycles. The molecule has 1 aliphatic carbocycles. The van der Waals surface area contributed by atoms with Gasteiger partial charge in [-0.05, 0) is 50.7 Å². The van der Waals surface area contributed by atoms with Gasteiger partial charge in [-0.2, -0.15) is 0 Å². The minimum Gasteiger partial charge on any atom is -0.396 e. The van der Waals surface area contributed by atoms with Crippen LogP contribution in [-0.2, 0) is 11.3 Å². The van der Waals surface area contributed by atoms with Crippen molar-refractivity contribution in [3.63, 3.8) is 0 Å². The van der Waals surface area contributed by atoms with Gasteiger partial charge in [-0.1, -0.05) is 35.5 Å². The first-order valence-electron chi connectivity index (χ1n) is 9.87. The third kappa shape index (κ3) is 5.45. The van der Waals surface area contributed by atoms with Gasteiger partial charge in [-0.15, -0.1) is 0 Å². The minimum absolute atomic E-state index is 0.000287. The number of rotatable bonds is 9. The van der Waals surface area contributed by atoms with Crippen LogP contribution >= 0.6 is 11.8 Å². The number of aromatic nitrogens is 2. The zero-order chi connectivity index (χ0) is 19.8. The molecule has 1 heterocycles. The van der Waals surface area contributed by atoms with Crippen LogP contribution in [0.2, 0.25) is 0 Å². The number of hydrogen-bond donors (Lipinski definition) is 2. The molecular formula is C21H27N3O3S. The van der Waals surface area contributed by atoms with Gasteiger partial charge >= 0.3 is 0 Å². The number of benzene rings is 1. The smallest absolute Gasteiger partial charge is 0.262 e. The van der Waals surface area contributed by atoms with Gasteiger partial charge in [0.05, 0.1) is 16.7 Å². The van der Waals surface area contributed by atoms with Crippen LogP contribution in [0.4, 0.5) is 0 Å². The van der Waals surface area contributed by atoms with Crippen LogP contribution in [0.1, 0.15) is 38.5 Å². The molecule has 0 spiro atoms. The number of fused-ring (bicyclic) bond motifs is 1. The molecule has 3 rings (SSSR count). The number of allylic oxidation sites excluding steroid dienone is 1. The van der Waals surface area contributed by atoms with E-state index in [1.165, 1.54) is 30.2 Å². The summed E-state index contributed by atoms with van der Waals surface area (Å²) in [5.74, 6) is 0.153. The number of thioether (sulfide) groups is 1. The van der Waals surface area contributed by atoms with Crippen molar-refractivity contribution < 1.29 is 9.90 Å². The molecule has 150 valence electrons. The van der Waals surface area contributed by atoms with E-state index in [1.54, 1.807) is 16.7 Å². The molecule has 0 radical (unpaired) electrons. The second kappa shape index (κ2) is 10.4. The lowest BCUT2D eigenvalue weighted by Crippen LogP contribution is -2.28. The highest BCUT2D eigenvalue weighted by Crippen LogP contribution is 2.20. The molecular weight excluding hydrogens is 374 g/mol. The number of hydrogen-bond acceptors (Lipinski definition) is 5. The molecule has 0 fully saturated rings. The van der Waals surface area contributed by atoms with E-state index in [2.05, 4.69) is 16.4 Å². The van der Waals surface area contributed by atoms with E-state index >= 15 is 0 Å². The Hall–Kier alpha value is -2.12. The molecule has 0 saturated carbocycles. The van der Waals surface area contributed by atoms with Crippen molar-refractivity contribution in [3.05, 3.63) is 46.3 Å². The van der Waals surface area contributed by atoms with Crippen molar-refractivity contribution in [2.24, 2.45) is 0 Å². The first-order chi connectivity index (χ1) is 13.7. The summed E-state index contributed by atoms with van der Waals surface area (Å²) < 4.78 is 1.56. The first kappa shape index (κ1) is 20.6. The van der Waals surface area contributed by atoms with Gasteiger partial charge in [0.2, 0.25) is 5.91 Å². The molecule has 2 aromatic rings. The Balaban J connectivity index is 1.62. The summed E-state index contributed by atoms with van der Waals surface area (Å²) in [5, 5.41) is 13.2. The Morgan fingerprint density at radius 3 is 2.93 bits per heavy atom. The summed E-state index contributed by atoms with van der Waals surface area (Å²) in [6.45, 7) is 1.03. The van der Waals surface area contributed by atoms with Gasteiger partial charge in [0, 0.05) is 19.7 Å². The lowest BCUT2D eigenvalue weighted by molar-refractivity contribution is -0.118. The van der Waals surface area contributed by atoms with E-state index in [0.717, 1.165) is 19.3 Å². The third-order valence-corrected chi connectivity index (χ3v) is 5.83. The normalized spacial score (nSPS) is 14.1. The fourth-order valence-corrected chi connectivity index (χ4v) is 4.21. The fraction of sp³-hybridized carbons (Fsp3) is 0.476. The van der Waals surface area contributed by atoms with Gasteiger partial charge < -0.3 is 10.4 Å². The maximum Gasteiger partial charge on any atom is 0.262 e. The molecule has 1 aliphatic rings. The number of carbonyl (C=O) groups excluding carboxylic acids is 1. The average Bonchev–Trinajstić information content (AvgIpc) is 2.72. The zero-order valence-electron chi connectivity index (χ0n) is 16.0. The van der Waals surface area contributed by atoms with Crippen molar-refractivity contribution in [2.75, 3.05) is 18.9 Å². The molecule has 1 aromatic carbocycles. The number of aliphatic hydroxyl groups is 1. The van der Waals surface area contributed by atoms with Gasteiger partial charge in [0.15, 0.2) is 5.16 Å².